The molecule has 0 aromatic heterocycles. The monoisotopic (exact) mass is 401 g/mol. The van der Waals surface area contributed by atoms with Crippen molar-refractivity contribution in [1.82, 2.24) is 10.2 Å². The number of hydrogen-bond donors (Lipinski definition) is 2. The Labute approximate surface area is 136 Å². The van der Waals surface area contributed by atoms with Crippen LogP contribution in [0.3, 0.4) is 0 Å². The van der Waals surface area contributed by atoms with Gasteiger partial charge < -0.3 is 10.6 Å². The van der Waals surface area contributed by atoms with Crippen molar-refractivity contribution in [3.05, 3.63) is 27.3 Å². The highest BCUT2D eigenvalue weighted by Crippen LogP contribution is 2.19. The number of aryl methyl sites for hydroxylation is 1. The smallest absolute Gasteiger partial charge is 0.324 e. The van der Waals surface area contributed by atoms with Gasteiger partial charge in [-0.25, -0.2) is 4.79 Å². The maximum atomic E-state index is 12.0. The summed E-state index contributed by atoms with van der Waals surface area (Å²) in [6.45, 7) is 4.80. The molecule has 0 atom stereocenters. The fourth-order valence-corrected chi connectivity index (χ4v) is 2.71. The molecule has 2 N–H and O–H groups in total. The molecule has 0 bridgehead atoms. The molecule has 0 radical (unpaired) electrons. The lowest BCUT2D eigenvalue weighted by Crippen LogP contribution is -2.41. The number of nitrogens with zero attached hydrogens (tertiary/aromatic N) is 1. The minimum atomic E-state index is -0.962. The van der Waals surface area contributed by atoms with Crippen molar-refractivity contribution in [3.63, 3.8) is 0 Å². The average Bonchev–Trinajstić information content (AvgIpc) is 2.55. The molecule has 0 unspecified atom stereocenters. The van der Waals surface area contributed by atoms with Crippen LogP contribution < -0.4 is 10.6 Å². The van der Waals surface area contributed by atoms with E-state index in [4.69, 9.17) is 0 Å². The van der Waals surface area contributed by atoms with Gasteiger partial charge in [0.05, 0.1) is 0 Å². The van der Waals surface area contributed by atoms with Crippen molar-refractivity contribution in [3.8, 4) is 0 Å². The van der Waals surface area contributed by atoms with Gasteiger partial charge in [-0.3, -0.25) is 14.5 Å². The predicted octanol–water partition coefficient (Wildman–Crippen LogP) is 1.87. The number of amides is 4. The zero-order valence-electron chi connectivity index (χ0n) is 12.0. The Morgan fingerprint density at radius 3 is 2.57 bits per heavy atom. The van der Waals surface area contributed by atoms with Gasteiger partial charge in [-0.2, -0.15) is 0 Å². The molecule has 112 valence electrons. The van der Waals surface area contributed by atoms with Crippen molar-refractivity contribution >= 4 is 46.1 Å². The number of imide groups is 1. The Balaban J connectivity index is 2.06. The third-order valence-corrected chi connectivity index (χ3v) is 3.88. The minimum Gasteiger partial charge on any atom is -0.324 e. The van der Waals surface area contributed by atoms with Crippen molar-refractivity contribution in [2.24, 2.45) is 0 Å². The number of hydrogen-bond acceptors (Lipinski definition) is 3. The average molecular weight is 401 g/mol. The standard InChI is InChI=1S/C14H16IN3O3/c1-8-6-9(15)4-5-10(8)16-11(19)7-18-12(20)14(2,3)17-13(18)21/h4-6H,7H2,1-3H3,(H,16,19)(H,17,21). The van der Waals surface area contributed by atoms with E-state index in [9.17, 15) is 14.4 Å². The topological polar surface area (TPSA) is 78.5 Å². The fraction of sp³-hybridized carbons (Fsp3) is 0.357. The third kappa shape index (κ3) is 3.34. The number of halogens is 1. The molecule has 6 nitrogen and oxygen atoms in total. The molecule has 21 heavy (non-hydrogen) atoms. The van der Waals surface area contributed by atoms with E-state index in [-0.39, 0.29) is 6.54 Å². The Morgan fingerprint density at radius 1 is 1.38 bits per heavy atom. The van der Waals surface area contributed by atoms with E-state index in [1.165, 1.54) is 0 Å². The summed E-state index contributed by atoms with van der Waals surface area (Å²) in [7, 11) is 0. The highest BCUT2D eigenvalue weighted by Gasteiger charge is 2.44. The SMILES string of the molecule is Cc1cc(I)ccc1NC(=O)CN1C(=O)NC(C)(C)C1=O. The van der Waals surface area contributed by atoms with Gasteiger partial charge in [0, 0.05) is 9.26 Å². The normalized spacial score (nSPS) is 16.9. The lowest BCUT2D eigenvalue weighted by Gasteiger charge is -2.16. The van der Waals surface area contributed by atoms with Crippen LogP contribution in [0.15, 0.2) is 18.2 Å². The molecule has 1 aliphatic rings. The summed E-state index contributed by atoms with van der Waals surface area (Å²) in [6.07, 6.45) is 0. The molecule has 1 aromatic rings. The number of carbonyl (C=O) groups excluding carboxylic acids is 3. The first-order chi connectivity index (χ1) is 9.70. The first-order valence-corrected chi connectivity index (χ1v) is 7.49. The molecule has 0 spiro atoms. The molecular weight excluding hydrogens is 385 g/mol. The molecule has 7 heteroatoms. The lowest BCUT2D eigenvalue weighted by atomic mass is 10.1. The Hall–Kier alpha value is -1.64. The highest BCUT2D eigenvalue weighted by molar-refractivity contribution is 14.1. The predicted molar refractivity (Wildman–Crippen MR) is 86.8 cm³/mol. The van der Waals surface area contributed by atoms with Crippen molar-refractivity contribution in [2.45, 2.75) is 26.3 Å². The number of benzene rings is 1. The first kappa shape index (κ1) is 15.7. The third-order valence-electron chi connectivity index (χ3n) is 3.21. The second-order valence-corrected chi connectivity index (χ2v) is 6.70. The maximum Gasteiger partial charge on any atom is 0.325 e. The van der Waals surface area contributed by atoms with Crippen LogP contribution in [0.4, 0.5) is 10.5 Å². The Morgan fingerprint density at radius 2 is 2.05 bits per heavy atom. The summed E-state index contributed by atoms with van der Waals surface area (Å²) in [5, 5.41) is 5.25. The number of anilines is 1. The number of carbonyl (C=O) groups is 3. The molecular formula is C14H16IN3O3. The van der Waals surface area contributed by atoms with Crippen LogP contribution in [0.25, 0.3) is 0 Å². The first-order valence-electron chi connectivity index (χ1n) is 6.41. The van der Waals surface area contributed by atoms with E-state index in [1.54, 1.807) is 19.9 Å². The van der Waals surface area contributed by atoms with Crippen LogP contribution in [-0.4, -0.2) is 34.8 Å². The van der Waals surface area contributed by atoms with Crippen molar-refractivity contribution in [2.75, 3.05) is 11.9 Å². The van der Waals surface area contributed by atoms with Gasteiger partial charge in [0.2, 0.25) is 5.91 Å². The van der Waals surface area contributed by atoms with Crippen LogP contribution in [0.5, 0.6) is 0 Å². The van der Waals surface area contributed by atoms with Gasteiger partial charge in [-0.05, 0) is 67.1 Å². The zero-order chi connectivity index (χ0) is 15.8. The Bertz CT molecular complexity index is 628. The Kier molecular flexibility index (Phi) is 4.22. The van der Waals surface area contributed by atoms with Crippen LogP contribution in [0.1, 0.15) is 19.4 Å². The summed E-state index contributed by atoms with van der Waals surface area (Å²) >= 11 is 2.19. The largest absolute Gasteiger partial charge is 0.325 e. The van der Waals surface area contributed by atoms with E-state index in [0.717, 1.165) is 14.0 Å². The van der Waals surface area contributed by atoms with Crippen LogP contribution in [0.2, 0.25) is 0 Å². The molecule has 2 rings (SSSR count). The van der Waals surface area contributed by atoms with Gasteiger partial charge in [-0.1, -0.05) is 0 Å². The van der Waals surface area contributed by atoms with Gasteiger partial charge in [-0.15, -0.1) is 0 Å². The molecule has 1 heterocycles. The zero-order valence-corrected chi connectivity index (χ0v) is 14.1. The van der Waals surface area contributed by atoms with Crippen LogP contribution >= 0.6 is 22.6 Å². The van der Waals surface area contributed by atoms with Gasteiger partial charge in [0.15, 0.2) is 0 Å². The van der Waals surface area contributed by atoms with E-state index in [0.29, 0.717) is 5.69 Å². The summed E-state index contributed by atoms with van der Waals surface area (Å²) in [5.41, 5.74) is 0.635. The lowest BCUT2D eigenvalue weighted by molar-refractivity contribution is -0.132. The molecule has 1 aromatic carbocycles. The van der Waals surface area contributed by atoms with Crippen molar-refractivity contribution in [1.29, 1.82) is 0 Å². The van der Waals surface area contributed by atoms with Crippen molar-refractivity contribution < 1.29 is 14.4 Å². The summed E-state index contributed by atoms with van der Waals surface area (Å²) in [4.78, 5) is 36.7. The molecule has 0 aliphatic carbocycles. The highest BCUT2D eigenvalue weighted by atomic mass is 127. The van der Waals surface area contributed by atoms with E-state index >= 15 is 0 Å². The fourth-order valence-electron chi connectivity index (χ4n) is 2.06. The molecule has 1 fully saturated rings. The molecule has 0 saturated carbocycles. The number of urea groups is 1. The number of rotatable bonds is 3. The summed E-state index contributed by atoms with van der Waals surface area (Å²) in [6, 6.07) is 5.07. The molecule has 4 amide bonds. The van der Waals surface area contributed by atoms with E-state index < -0.39 is 23.4 Å². The molecule has 1 aliphatic heterocycles. The maximum absolute atomic E-state index is 12.0. The quantitative estimate of drug-likeness (QED) is 0.600. The van der Waals surface area contributed by atoms with E-state index in [2.05, 4.69) is 33.2 Å². The number of nitrogens with one attached hydrogen (secondary N) is 2. The minimum absolute atomic E-state index is 0.292. The summed E-state index contributed by atoms with van der Waals surface area (Å²) < 4.78 is 1.07. The van der Waals surface area contributed by atoms with Gasteiger partial charge >= 0.3 is 6.03 Å². The van der Waals surface area contributed by atoms with Crippen LogP contribution in [-0.2, 0) is 9.59 Å². The second-order valence-electron chi connectivity index (χ2n) is 5.45. The van der Waals surface area contributed by atoms with Gasteiger partial charge in [0.1, 0.15) is 12.1 Å². The van der Waals surface area contributed by atoms with E-state index in [1.807, 2.05) is 19.1 Å². The second kappa shape index (κ2) is 5.63. The van der Waals surface area contributed by atoms with Gasteiger partial charge in [0.25, 0.3) is 5.91 Å². The van der Waals surface area contributed by atoms with Crippen LogP contribution in [0, 0.1) is 10.5 Å². The molecule has 1 saturated heterocycles. The summed E-state index contributed by atoms with van der Waals surface area (Å²) in [5.74, 6) is -0.803.